The van der Waals surface area contributed by atoms with Gasteiger partial charge in [-0.3, -0.25) is 0 Å². The number of likely N-dealkylation sites (N-methyl/N-ethyl adjacent to an activating group) is 1. The van der Waals surface area contributed by atoms with Crippen LogP contribution in [0.25, 0.3) is 0 Å². The second-order valence-corrected chi connectivity index (χ2v) is 8.46. The minimum absolute atomic E-state index is 0.498. The molecule has 7 heteroatoms. The smallest absolute Gasteiger partial charge is 0.227 e. The fraction of sp³-hybridized carbons (Fsp3) is 0.524. The number of benzene rings is 1. The highest BCUT2D eigenvalue weighted by Crippen LogP contribution is 2.22. The first kappa shape index (κ1) is 19.6. The molecule has 2 aliphatic rings. The summed E-state index contributed by atoms with van der Waals surface area (Å²) in [6.07, 6.45) is 4.15. The van der Waals surface area contributed by atoms with Gasteiger partial charge in [-0.15, -0.1) is 0 Å². The molecule has 2 aliphatic heterocycles. The van der Waals surface area contributed by atoms with E-state index in [0.29, 0.717) is 6.04 Å². The number of hydrogen-bond donors (Lipinski definition) is 0. The number of aromatic nitrogens is 2. The van der Waals surface area contributed by atoms with Crippen molar-refractivity contribution in [1.29, 1.82) is 0 Å². The summed E-state index contributed by atoms with van der Waals surface area (Å²) in [6.45, 7) is 6.56. The van der Waals surface area contributed by atoms with Crippen molar-refractivity contribution in [1.82, 2.24) is 14.9 Å². The van der Waals surface area contributed by atoms with Gasteiger partial charge in [-0.25, -0.2) is 4.98 Å². The zero-order chi connectivity index (χ0) is 19.3. The quantitative estimate of drug-likeness (QED) is 0.680. The molecule has 0 bridgehead atoms. The van der Waals surface area contributed by atoms with Crippen LogP contribution in [0.1, 0.15) is 12.0 Å². The lowest BCUT2D eigenvalue weighted by Crippen LogP contribution is -2.38. The van der Waals surface area contributed by atoms with E-state index in [2.05, 4.69) is 66.9 Å². The minimum atomic E-state index is 0.498. The van der Waals surface area contributed by atoms with Crippen LogP contribution in [0.5, 0.6) is 0 Å². The van der Waals surface area contributed by atoms with Crippen LogP contribution in [0.3, 0.4) is 0 Å². The van der Waals surface area contributed by atoms with Gasteiger partial charge < -0.3 is 19.4 Å². The number of halogens is 1. The molecule has 1 aromatic carbocycles. The Morgan fingerprint density at radius 2 is 1.93 bits per heavy atom. The van der Waals surface area contributed by atoms with Crippen LogP contribution >= 0.6 is 15.9 Å². The number of nitrogens with zero attached hydrogens (tertiary/aromatic N) is 5. The summed E-state index contributed by atoms with van der Waals surface area (Å²) in [5.41, 5.74) is 1.39. The third-order valence-corrected chi connectivity index (χ3v) is 6.24. The second kappa shape index (κ2) is 9.20. The molecule has 0 saturated carbocycles. The molecule has 28 heavy (non-hydrogen) atoms. The SMILES string of the molecule is CN(c1ccnc(N2CCOCC2)n1)C1CCN(CCc2ccc(Br)cc2)C1. The van der Waals surface area contributed by atoms with Gasteiger partial charge in [0.2, 0.25) is 5.95 Å². The molecule has 1 atom stereocenters. The lowest BCUT2D eigenvalue weighted by atomic mass is 10.1. The molecule has 2 fully saturated rings. The third-order valence-electron chi connectivity index (χ3n) is 5.71. The van der Waals surface area contributed by atoms with Crippen LogP contribution < -0.4 is 9.80 Å². The van der Waals surface area contributed by atoms with Crippen molar-refractivity contribution in [2.45, 2.75) is 18.9 Å². The number of morpholine rings is 1. The summed E-state index contributed by atoms with van der Waals surface area (Å²) in [6, 6.07) is 11.2. The maximum absolute atomic E-state index is 5.44. The monoisotopic (exact) mass is 445 g/mol. The maximum Gasteiger partial charge on any atom is 0.227 e. The van der Waals surface area contributed by atoms with E-state index in [4.69, 9.17) is 9.72 Å². The number of likely N-dealkylation sites (tertiary alicyclic amines) is 1. The zero-order valence-electron chi connectivity index (χ0n) is 16.4. The van der Waals surface area contributed by atoms with Crippen molar-refractivity contribution in [2.75, 3.05) is 62.8 Å². The minimum Gasteiger partial charge on any atom is -0.378 e. The van der Waals surface area contributed by atoms with Crippen LogP contribution in [0.4, 0.5) is 11.8 Å². The molecule has 150 valence electrons. The van der Waals surface area contributed by atoms with Gasteiger partial charge in [0, 0.05) is 56.5 Å². The first-order valence-corrected chi connectivity index (χ1v) is 10.8. The van der Waals surface area contributed by atoms with E-state index < -0.39 is 0 Å². The van der Waals surface area contributed by atoms with E-state index >= 15 is 0 Å². The van der Waals surface area contributed by atoms with Crippen molar-refractivity contribution >= 4 is 27.7 Å². The van der Waals surface area contributed by atoms with Crippen LogP contribution in [0, 0.1) is 0 Å². The van der Waals surface area contributed by atoms with E-state index in [-0.39, 0.29) is 0 Å². The Morgan fingerprint density at radius 3 is 2.71 bits per heavy atom. The molecule has 2 saturated heterocycles. The first-order valence-electron chi connectivity index (χ1n) is 10.0. The predicted molar refractivity (Wildman–Crippen MR) is 116 cm³/mol. The molecule has 6 nitrogen and oxygen atoms in total. The molecule has 3 heterocycles. The Balaban J connectivity index is 1.32. The number of ether oxygens (including phenoxy) is 1. The van der Waals surface area contributed by atoms with Crippen LogP contribution in [-0.4, -0.2) is 73.9 Å². The molecule has 0 amide bonds. The third kappa shape index (κ3) is 4.82. The molecule has 0 aliphatic carbocycles. The van der Waals surface area contributed by atoms with Gasteiger partial charge in [0.05, 0.1) is 13.2 Å². The molecule has 0 radical (unpaired) electrons. The lowest BCUT2D eigenvalue weighted by Gasteiger charge is -2.29. The van der Waals surface area contributed by atoms with Crippen molar-refractivity contribution in [2.24, 2.45) is 0 Å². The fourth-order valence-electron chi connectivity index (χ4n) is 3.91. The van der Waals surface area contributed by atoms with Gasteiger partial charge in [-0.1, -0.05) is 28.1 Å². The van der Waals surface area contributed by atoms with Crippen molar-refractivity contribution in [3.05, 3.63) is 46.6 Å². The highest BCUT2D eigenvalue weighted by Gasteiger charge is 2.26. The Morgan fingerprint density at radius 1 is 1.14 bits per heavy atom. The molecule has 0 spiro atoms. The highest BCUT2D eigenvalue weighted by atomic mass is 79.9. The number of anilines is 2. The Hall–Kier alpha value is -1.70. The van der Waals surface area contributed by atoms with Crippen LogP contribution in [0.2, 0.25) is 0 Å². The molecular weight excluding hydrogens is 418 g/mol. The number of hydrogen-bond acceptors (Lipinski definition) is 6. The average Bonchev–Trinajstić information content (AvgIpc) is 3.23. The molecule has 4 rings (SSSR count). The van der Waals surface area contributed by atoms with Crippen molar-refractivity contribution in [3.8, 4) is 0 Å². The van der Waals surface area contributed by atoms with Gasteiger partial charge in [0.15, 0.2) is 0 Å². The lowest BCUT2D eigenvalue weighted by molar-refractivity contribution is 0.122. The molecule has 0 N–H and O–H groups in total. The van der Waals surface area contributed by atoms with Gasteiger partial charge in [0.1, 0.15) is 5.82 Å². The van der Waals surface area contributed by atoms with E-state index in [1.165, 1.54) is 12.0 Å². The van der Waals surface area contributed by atoms with Crippen molar-refractivity contribution in [3.63, 3.8) is 0 Å². The van der Waals surface area contributed by atoms with Gasteiger partial charge in [-0.05, 0) is 36.6 Å². The fourth-order valence-corrected chi connectivity index (χ4v) is 4.17. The summed E-state index contributed by atoms with van der Waals surface area (Å²) in [5.74, 6) is 1.83. The summed E-state index contributed by atoms with van der Waals surface area (Å²) in [5, 5.41) is 0. The Kier molecular flexibility index (Phi) is 6.44. The number of rotatable bonds is 6. The van der Waals surface area contributed by atoms with E-state index in [1.807, 2.05) is 12.3 Å². The molecular formula is C21H28BrN5O. The zero-order valence-corrected chi connectivity index (χ0v) is 18.0. The van der Waals surface area contributed by atoms with Crippen molar-refractivity contribution < 1.29 is 4.74 Å². The molecule has 1 aromatic heterocycles. The summed E-state index contributed by atoms with van der Waals surface area (Å²) in [4.78, 5) is 16.4. The maximum atomic E-state index is 5.44. The van der Waals surface area contributed by atoms with E-state index in [9.17, 15) is 0 Å². The Labute approximate surface area is 175 Å². The summed E-state index contributed by atoms with van der Waals surface area (Å²) >= 11 is 3.50. The standard InChI is InChI=1S/C21H28BrN5O/c1-25(20-6-9-23-21(24-20)27-12-14-28-15-13-27)19-8-11-26(16-19)10-7-17-2-4-18(22)5-3-17/h2-6,9,19H,7-8,10-16H2,1H3. The van der Waals surface area contributed by atoms with Gasteiger partial charge in [-0.2, -0.15) is 4.98 Å². The Bertz CT molecular complexity index is 766. The summed E-state index contributed by atoms with van der Waals surface area (Å²) in [7, 11) is 2.16. The summed E-state index contributed by atoms with van der Waals surface area (Å²) < 4.78 is 6.58. The molecule has 2 aromatic rings. The highest BCUT2D eigenvalue weighted by molar-refractivity contribution is 9.10. The predicted octanol–water partition coefficient (Wildman–Crippen LogP) is 2.83. The van der Waals surface area contributed by atoms with Gasteiger partial charge >= 0.3 is 0 Å². The van der Waals surface area contributed by atoms with E-state index in [0.717, 1.165) is 68.6 Å². The normalized spacial score (nSPS) is 20.5. The molecule has 1 unspecified atom stereocenters. The van der Waals surface area contributed by atoms with Crippen LogP contribution in [-0.2, 0) is 11.2 Å². The van der Waals surface area contributed by atoms with Gasteiger partial charge in [0.25, 0.3) is 0 Å². The topological polar surface area (TPSA) is 44.7 Å². The largest absolute Gasteiger partial charge is 0.378 e. The van der Waals surface area contributed by atoms with E-state index in [1.54, 1.807) is 0 Å². The average molecular weight is 446 g/mol. The van der Waals surface area contributed by atoms with Crippen LogP contribution in [0.15, 0.2) is 41.0 Å². The first-order chi connectivity index (χ1) is 13.7. The second-order valence-electron chi connectivity index (χ2n) is 7.54.